The van der Waals surface area contributed by atoms with Crippen LogP contribution in [0.3, 0.4) is 0 Å². The fraction of sp³-hybridized carbons (Fsp3) is 0.412. The molecule has 0 fully saturated rings. The predicted molar refractivity (Wildman–Crippen MR) is 82.7 cm³/mol. The van der Waals surface area contributed by atoms with Gasteiger partial charge in [0.05, 0.1) is 12.7 Å². The predicted octanol–water partition coefficient (Wildman–Crippen LogP) is 3.33. The molecule has 0 aliphatic carbocycles. The average Bonchev–Trinajstić information content (AvgIpc) is 2.55. The molecule has 0 bridgehead atoms. The minimum atomic E-state index is -0.981. The molecule has 0 spiro atoms. The van der Waals surface area contributed by atoms with Gasteiger partial charge in [0.15, 0.2) is 0 Å². The summed E-state index contributed by atoms with van der Waals surface area (Å²) in [7, 11) is 4.86. The second-order valence-corrected chi connectivity index (χ2v) is 4.70. The van der Waals surface area contributed by atoms with Gasteiger partial charge in [0.1, 0.15) is 12.4 Å². The molecule has 2 aromatic rings. The van der Waals surface area contributed by atoms with E-state index in [1.807, 2.05) is 37.3 Å². The molecule has 0 saturated heterocycles. The lowest BCUT2D eigenvalue weighted by Crippen LogP contribution is -2.36. The maximum atomic E-state index is 5.64. The topological polar surface area (TPSA) is 36.9 Å². The molecule has 0 aliphatic rings. The zero-order valence-corrected chi connectivity index (χ0v) is 13.0. The Morgan fingerprint density at radius 3 is 2.10 bits per heavy atom. The summed E-state index contributed by atoms with van der Waals surface area (Å²) in [6.07, 6.45) is 0. The fourth-order valence-electron chi connectivity index (χ4n) is 2.42. The number of benzene rings is 2. The van der Waals surface area contributed by atoms with E-state index in [1.165, 1.54) is 0 Å². The Balaban J connectivity index is 2.59. The maximum Gasteiger partial charge on any atom is 0.222 e. The Hall–Kier alpha value is -1.62. The zero-order chi connectivity index (χ0) is 15.3. The Labute approximate surface area is 125 Å². The van der Waals surface area contributed by atoms with Crippen LogP contribution in [0.15, 0.2) is 36.4 Å². The molecule has 4 nitrogen and oxygen atoms in total. The molecule has 0 saturated carbocycles. The minimum Gasteiger partial charge on any atom is -0.496 e. The molecule has 0 unspecified atom stereocenters. The van der Waals surface area contributed by atoms with Crippen LogP contribution in [0.4, 0.5) is 0 Å². The fourth-order valence-corrected chi connectivity index (χ4v) is 2.42. The highest BCUT2D eigenvalue weighted by atomic mass is 16.7. The Morgan fingerprint density at radius 2 is 1.57 bits per heavy atom. The first-order chi connectivity index (χ1) is 10.2. The summed E-state index contributed by atoms with van der Waals surface area (Å²) in [4.78, 5) is 0. The molecule has 114 valence electrons. The van der Waals surface area contributed by atoms with Crippen molar-refractivity contribution in [2.24, 2.45) is 0 Å². The van der Waals surface area contributed by atoms with E-state index in [4.69, 9.17) is 18.9 Å². The molecule has 0 heterocycles. The summed E-state index contributed by atoms with van der Waals surface area (Å²) in [5.74, 6) is -0.261. The van der Waals surface area contributed by atoms with Crippen LogP contribution in [0.25, 0.3) is 10.8 Å². The van der Waals surface area contributed by atoms with E-state index in [1.54, 1.807) is 21.3 Å². The minimum absolute atomic E-state index is 0.297. The summed E-state index contributed by atoms with van der Waals surface area (Å²) in [6, 6.07) is 12.1. The molecular weight excluding hydrogens is 268 g/mol. The number of fused-ring (bicyclic) bond motifs is 1. The maximum absolute atomic E-state index is 5.64. The van der Waals surface area contributed by atoms with E-state index in [-0.39, 0.29) is 0 Å². The molecule has 0 radical (unpaired) electrons. The quantitative estimate of drug-likeness (QED) is 0.733. The van der Waals surface area contributed by atoms with Crippen LogP contribution in [0.5, 0.6) is 5.75 Å². The Kier molecular flexibility index (Phi) is 5.17. The first-order valence-corrected chi connectivity index (χ1v) is 6.96. The van der Waals surface area contributed by atoms with Gasteiger partial charge in [0.25, 0.3) is 0 Å². The van der Waals surface area contributed by atoms with Crippen molar-refractivity contribution >= 4 is 10.8 Å². The van der Waals surface area contributed by atoms with Crippen molar-refractivity contribution in [2.75, 3.05) is 34.5 Å². The van der Waals surface area contributed by atoms with Crippen LogP contribution in [0.2, 0.25) is 0 Å². The smallest absolute Gasteiger partial charge is 0.222 e. The van der Waals surface area contributed by atoms with Gasteiger partial charge < -0.3 is 18.9 Å². The lowest BCUT2D eigenvalue weighted by atomic mass is 9.99. The Bertz CT molecular complexity index is 590. The van der Waals surface area contributed by atoms with Crippen LogP contribution in [0, 0.1) is 0 Å². The molecule has 0 amide bonds. The third kappa shape index (κ3) is 3.02. The van der Waals surface area contributed by atoms with Gasteiger partial charge in [-0.25, -0.2) is 0 Å². The van der Waals surface area contributed by atoms with Crippen molar-refractivity contribution in [1.82, 2.24) is 0 Å². The summed E-state index contributed by atoms with van der Waals surface area (Å²) in [6.45, 7) is 2.82. The van der Waals surface area contributed by atoms with Gasteiger partial charge in [-0.15, -0.1) is 0 Å². The molecule has 0 atom stereocenters. The summed E-state index contributed by atoms with van der Waals surface area (Å²) in [5, 5.41) is 2.21. The Morgan fingerprint density at radius 1 is 0.952 bits per heavy atom. The SMILES string of the molecule is CCOCC(OC)(OC)c1cc2ccccc2cc1OC. The van der Waals surface area contributed by atoms with Crippen LogP contribution in [-0.2, 0) is 20.0 Å². The van der Waals surface area contributed by atoms with E-state index in [9.17, 15) is 0 Å². The lowest BCUT2D eigenvalue weighted by Gasteiger charge is -2.32. The molecular formula is C17H22O4. The van der Waals surface area contributed by atoms with Crippen molar-refractivity contribution in [1.29, 1.82) is 0 Å². The van der Waals surface area contributed by atoms with E-state index in [2.05, 4.69) is 6.07 Å². The summed E-state index contributed by atoms with van der Waals surface area (Å²) >= 11 is 0. The van der Waals surface area contributed by atoms with E-state index >= 15 is 0 Å². The first-order valence-electron chi connectivity index (χ1n) is 6.96. The van der Waals surface area contributed by atoms with Crippen molar-refractivity contribution in [3.63, 3.8) is 0 Å². The highest BCUT2D eigenvalue weighted by Gasteiger charge is 2.36. The first kappa shape index (κ1) is 15.8. The molecule has 2 rings (SSSR count). The normalized spacial score (nSPS) is 11.8. The van der Waals surface area contributed by atoms with Gasteiger partial charge in [-0.2, -0.15) is 0 Å². The monoisotopic (exact) mass is 290 g/mol. The van der Waals surface area contributed by atoms with Crippen LogP contribution in [-0.4, -0.2) is 34.5 Å². The number of rotatable bonds is 7. The lowest BCUT2D eigenvalue weighted by molar-refractivity contribution is -0.244. The average molecular weight is 290 g/mol. The van der Waals surface area contributed by atoms with Crippen LogP contribution >= 0.6 is 0 Å². The van der Waals surface area contributed by atoms with Crippen molar-refractivity contribution in [3.8, 4) is 5.75 Å². The number of ether oxygens (including phenoxy) is 4. The van der Waals surface area contributed by atoms with Crippen LogP contribution in [0.1, 0.15) is 12.5 Å². The molecule has 21 heavy (non-hydrogen) atoms. The third-order valence-corrected chi connectivity index (χ3v) is 3.63. The second kappa shape index (κ2) is 6.89. The number of methoxy groups -OCH3 is 3. The summed E-state index contributed by atoms with van der Waals surface area (Å²) in [5.41, 5.74) is 0.821. The molecule has 2 aromatic carbocycles. The van der Waals surface area contributed by atoms with Crippen molar-refractivity contribution < 1.29 is 18.9 Å². The van der Waals surface area contributed by atoms with E-state index < -0.39 is 5.79 Å². The number of hydrogen-bond donors (Lipinski definition) is 0. The molecule has 4 heteroatoms. The highest BCUT2D eigenvalue weighted by molar-refractivity contribution is 5.85. The van der Waals surface area contributed by atoms with E-state index in [0.717, 1.165) is 22.1 Å². The molecule has 0 N–H and O–H groups in total. The third-order valence-electron chi connectivity index (χ3n) is 3.63. The number of hydrogen-bond acceptors (Lipinski definition) is 4. The summed E-state index contributed by atoms with van der Waals surface area (Å²) < 4.78 is 22.3. The van der Waals surface area contributed by atoms with Crippen molar-refractivity contribution in [2.45, 2.75) is 12.7 Å². The molecule has 0 aromatic heterocycles. The van der Waals surface area contributed by atoms with Gasteiger partial charge in [-0.1, -0.05) is 24.3 Å². The van der Waals surface area contributed by atoms with Gasteiger partial charge in [-0.05, 0) is 29.8 Å². The van der Waals surface area contributed by atoms with Crippen molar-refractivity contribution in [3.05, 3.63) is 42.0 Å². The van der Waals surface area contributed by atoms with Gasteiger partial charge in [0.2, 0.25) is 5.79 Å². The highest BCUT2D eigenvalue weighted by Crippen LogP contribution is 2.37. The van der Waals surface area contributed by atoms with Gasteiger partial charge in [0, 0.05) is 20.8 Å². The van der Waals surface area contributed by atoms with Gasteiger partial charge in [-0.3, -0.25) is 0 Å². The zero-order valence-electron chi connectivity index (χ0n) is 13.0. The molecule has 0 aliphatic heterocycles. The van der Waals surface area contributed by atoms with Gasteiger partial charge >= 0.3 is 0 Å². The largest absolute Gasteiger partial charge is 0.496 e. The second-order valence-electron chi connectivity index (χ2n) is 4.70. The van der Waals surface area contributed by atoms with Crippen LogP contribution < -0.4 is 4.74 Å². The standard InChI is InChI=1S/C17H22O4/c1-5-21-12-17(19-3,20-4)15-10-13-8-6-7-9-14(13)11-16(15)18-2/h6-11H,5,12H2,1-4H3. The van der Waals surface area contributed by atoms with E-state index in [0.29, 0.717) is 13.2 Å².